The fraction of sp³-hybridized carbons (Fsp3) is 0.304. The highest BCUT2D eigenvalue weighted by Crippen LogP contribution is 2.37. The Morgan fingerprint density at radius 3 is 1.97 bits per heavy atom. The summed E-state index contributed by atoms with van der Waals surface area (Å²) in [5.41, 5.74) is -0.223. The van der Waals surface area contributed by atoms with Gasteiger partial charge >= 0.3 is 17.8 Å². The Balaban J connectivity index is 2.36. The molecule has 2 rings (SSSR count). The Bertz CT molecular complexity index is 1270. The number of hydrogen-bond acceptors (Lipinski definition) is 8. The van der Waals surface area contributed by atoms with Crippen LogP contribution in [0.1, 0.15) is 11.1 Å². The number of carbonyl (C=O) groups excluding carboxylic acids is 2. The fourth-order valence-corrected chi connectivity index (χ4v) is 4.10. The van der Waals surface area contributed by atoms with E-state index >= 15 is 0 Å². The van der Waals surface area contributed by atoms with E-state index in [1.807, 2.05) is 0 Å². The van der Waals surface area contributed by atoms with Gasteiger partial charge in [0, 0.05) is 17.5 Å². The van der Waals surface area contributed by atoms with Gasteiger partial charge in [0.1, 0.15) is 23.0 Å². The number of amides is 1. The van der Waals surface area contributed by atoms with Gasteiger partial charge in [-0.25, -0.2) is 8.42 Å². The van der Waals surface area contributed by atoms with E-state index in [0.717, 1.165) is 24.7 Å². The number of carbonyl (C=O) groups is 2. The number of alkyl halides is 4. The number of aldehydes is 1. The molecule has 1 amide bonds. The van der Waals surface area contributed by atoms with E-state index in [-0.39, 0.29) is 28.4 Å². The van der Waals surface area contributed by atoms with Crippen molar-refractivity contribution >= 4 is 33.8 Å². The lowest BCUT2D eigenvalue weighted by molar-refractivity contribution is -0.198. The molecule has 0 saturated carbocycles. The molecule has 0 radical (unpaired) electrons. The number of ether oxygens (including phenoxy) is 4. The SMILES string of the molecule is COc1cc(OC)c(C=CS(=O)(=O)Cc2ccc(OC)c(NC(=O)C(F)(F)C(F)(F)C=O)c2)c(OC)c1. The van der Waals surface area contributed by atoms with Crippen LogP contribution in [0.25, 0.3) is 6.08 Å². The molecule has 0 saturated heterocycles. The molecule has 0 fully saturated rings. The van der Waals surface area contributed by atoms with Crippen molar-refractivity contribution in [3.63, 3.8) is 0 Å². The zero-order valence-corrected chi connectivity index (χ0v) is 20.8. The summed E-state index contributed by atoms with van der Waals surface area (Å²) in [5, 5.41) is 2.42. The van der Waals surface area contributed by atoms with Crippen molar-refractivity contribution in [2.45, 2.75) is 17.6 Å². The summed E-state index contributed by atoms with van der Waals surface area (Å²) in [6, 6.07) is 6.41. The van der Waals surface area contributed by atoms with Gasteiger partial charge in [0.2, 0.25) is 0 Å². The van der Waals surface area contributed by atoms with E-state index in [0.29, 0.717) is 5.75 Å². The van der Waals surface area contributed by atoms with Gasteiger partial charge in [0.05, 0.1) is 45.4 Å². The van der Waals surface area contributed by atoms with E-state index in [9.17, 15) is 35.6 Å². The number of rotatable bonds is 12. The number of halogens is 4. The molecule has 1 N–H and O–H groups in total. The third-order valence-corrected chi connectivity index (χ3v) is 6.21. The zero-order valence-electron chi connectivity index (χ0n) is 20.0. The highest BCUT2D eigenvalue weighted by atomic mass is 32.2. The molecule has 9 nitrogen and oxygen atoms in total. The summed E-state index contributed by atoms with van der Waals surface area (Å²) in [7, 11) is 1.25. The van der Waals surface area contributed by atoms with E-state index in [1.165, 1.54) is 45.6 Å². The Morgan fingerprint density at radius 2 is 1.49 bits per heavy atom. The molecule has 0 unspecified atom stereocenters. The number of nitrogens with one attached hydrogen (secondary N) is 1. The second kappa shape index (κ2) is 11.5. The van der Waals surface area contributed by atoms with E-state index in [4.69, 9.17) is 18.9 Å². The number of methoxy groups -OCH3 is 4. The van der Waals surface area contributed by atoms with Crippen molar-refractivity contribution in [2.24, 2.45) is 0 Å². The first kappa shape index (κ1) is 29.4. The number of anilines is 1. The second-order valence-corrected chi connectivity index (χ2v) is 9.25. The Labute approximate surface area is 209 Å². The first-order chi connectivity index (χ1) is 17.2. The highest BCUT2D eigenvalue weighted by Gasteiger charge is 2.62. The molecule has 0 aromatic heterocycles. The first-order valence-corrected chi connectivity index (χ1v) is 11.9. The molecule has 0 aliphatic carbocycles. The van der Waals surface area contributed by atoms with Crippen LogP contribution in [0.2, 0.25) is 0 Å². The van der Waals surface area contributed by atoms with Crippen molar-refractivity contribution in [1.29, 1.82) is 0 Å². The molecular formula is C23H23F4NO8S. The van der Waals surface area contributed by atoms with Gasteiger partial charge in [0.15, 0.2) is 16.1 Å². The summed E-state index contributed by atoms with van der Waals surface area (Å²) in [6.45, 7) is 0. The van der Waals surface area contributed by atoms with E-state index < -0.39 is 45.3 Å². The molecule has 0 aliphatic heterocycles. The fourth-order valence-electron chi connectivity index (χ4n) is 3.02. The van der Waals surface area contributed by atoms with Crippen molar-refractivity contribution in [1.82, 2.24) is 0 Å². The standard InChI is InChI=1S/C23H23F4NO8S/c1-33-15-10-19(35-3)16(20(11-15)36-4)7-8-37(31,32)12-14-5-6-18(34-2)17(9-14)28-21(30)23(26,27)22(24,25)13-29/h5-11,13H,12H2,1-4H3,(H,28,30). The van der Waals surface area contributed by atoms with Crippen LogP contribution in [0.5, 0.6) is 23.0 Å². The molecule has 0 heterocycles. The maximum Gasteiger partial charge on any atom is 0.393 e. The third kappa shape index (κ3) is 6.70. The van der Waals surface area contributed by atoms with Crippen LogP contribution < -0.4 is 24.3 Å². The van der Waals surface area contributed by atoms with Crippen molar-refractivity contribution in [2.75, 3.05) is 33.8 Å². The van der Waals surface area contributed by atoms with Crippen LogP contribution in [0, 0.1) is 0 Å². The molecule has 0 aliphatic rings. The molecule has 0 atom stereocenters. The lowest BCUT2D eigenvalue weighted by Crippen LogP contribution is -2.51. The van der Waals surface area contributed by atoms with Crippen LogP contribution in [0.3, 0.4) is 0 Å². The quantitative estimate of drug-likeness (QED) is 0.315. The normalized spacial score (nSPS) is 12.2. The smallest absolute Gasteiger partial charge is 0.393 e. The summed E-state index contributed by atoms with van der Waals surface area (Å²) < 4.78 is 100.0. The Hall–Kier alpha value is -3.81. The molecular weight excluding hydrogens is 526 g/mol. The van der Waals surface area contributed by atoms with Crippen molar-refractivity contribution in [3.8, 4) is 23.0 Å². The highest BCUT2D eigenvalue weighted by molar-refractivity contribution is 7.93. The topological polar surface area (TPSA) is 117 Å². The zero-order chi connectivity index (χ0) is 28.0. The average Bonchev–Trinajstić information content (AvgIpc) is 2.86. The minimum Gasteiger partial charge on any atom is -0.496 e. The summed E-state index contributed by atoms with van der Waals surface area (Å²) >= 11 is 0. The molecule has 0 bridgehead atoms. The van der Waals surface area contributed by atoms with Crippen molar-refractivity contribution < 1.29 is 54.5 Å². The molecule has 2 aromatic rings. The summed E-state index contributed by atoms with van der Waals surface area (Å²) in [4.78, 5) is 22.1. The van der Waals surface area contributed by atoms with Crippen LogP contribution in [-0.4, -0.2) is 60.9 Å². The minimum atomic E-state index is -5.37. The second-order valence-electron chi connectivity index (χ2n) is 7.36. The van der Waals surface area contributed by atoms with Crippen LogP contribution >= 0.6 is 0 Å². The number of sulfone groups is 1. The lowest BCUT2D eigenvalue weighted by atomic mass is 10.1. The predicted molar refractivity (Wildman–Crippen MR) is 125 cm³/mol. The van der Waals surface area contributed by atoms with Crippen molar-refractivity contribution in [3.05, 3.63) is 46.9 Å². The van der Waals surface area contributed by atoms with E-state index in [1.54, 1.807) is 5.32 Å². The van der Waals surface area contributed by atoms with Gasteiger partial charge in [-0.1, -0.05) is 6.07 Å². The molecule has 202 valence electrons. The molecule has 2 aromatic carbocycles. The van der Waals surface area contributed by atoms with Crippen LogP contribution in [0.15, 0.2) is 35.7 Å². The first-order valence-electron chi connectivity index (χ1n) is 10.2. The maximum atomic E-state index is 13.8. The van der Waals surface area contributed by atoms with Crippen LogP contribution in [0.4, 0.5) is 23.2 Å². The number of hydrogen-bond donors (Lipinski definition) is 1. The van der Waals surface area contributed by atoms with Gasteiger partial charge in [-0.2, -0.15) is 17.6 Å². The predicted octanol–water partition coefficient (Wildman–Crippen LogP) is 3.71. The van der Waals surface area contributed by atoms with E-state index in [2.05, 4.69) is 0 Å². The number of benzene rings is 2. The minimum absolute atomic E-state index is 0.000116. The Kier molecular flexibility index (Phi) is 9.14. The maximum absolute atomic E-state index is 13.8. The largest absolute Gasteiger partial charge is 0.496 e. The molecule has 0 spiro atoms. The molecule has 37 heavy (non-hydrogen) atoms. The van der Waals surface area contributed by atoms with Gasteiger partial charge in [-0.3, -0.25) is 9.59 Å². The average molecular weight is 549 g/mol. The Morgan fingerprint density at radius 1 is 0.919 bits per heavy atom. The monoisotopic (exact) mass is 549 g/mol. The third-order valence-electron chi connectivity index (χ3n) is 4.93. The van der Waals surface area contributed by atoms with Gasteiger partial charge in [-0.05, 0) is 23.8 Å². The lowest BCUT2D eigenvalue weighted by Gasteiger charge is -2.21. The van der Waals surface area contributed by atoms with Gasteiger partial charge in [-0.15, -0.1) is 0 Å². The summed E-state index contributed by atoms with van der Waals surface area (Å²) in [5.74, 6) is -13.1. The van der Waals surface area contributed by atoms with Gasteiger partial charge in [0.25, 0.3) is 0 Å². The van der Waals surface area contributed by atoms with Gasteiger partial charge < -0.3 is 24.3 Å². The molecule has 14 heteroatoms. The summed E-state index contributed by atoms with van der Waals surface area (Å²) in [6.07, 6.45) is -0.118. The van der Waals surface area contributed by atoms with Crippen LogP contribution in [-0.2, 0) is 25.2 Å².